The molecule has 0 bridgehead atoms. The van der Waals surface area contributed by atoms with Crippen molar-refractivity contribution in [2.75, 3.05) is 36.4 Å². The van der Waals surface area contributed by atoms with Gasteiger partial charge in [0.1, 0.15) is 5.69 Å². The molecule has 1 amide bonds. The third-order valence-electron chi connectivity index (χ3n) is 6.19. The minimum Gasteiger partial charge on any atom is -0.382 e. The Bertz CT molecular complexity index is 836. The van der Waals surface area contributed by atoms with E-state index in [1.54, 1.807) is 6.20 Å². The molecule has 28 heavy (non-hydrogen) atoms. The van der Waals surface area contributed by atoms with Gasteiger partial charge in [0.2, 0.25) is 0 Å². The fraction of sp³-hybridized carbons (Fsp3) is 0.478. The number of hydrogen-bond donors (Lipinski definition) is 1. The second-order valence-corrected chi connectivity index (χ2v) is 8.05. The lowest BCUT2D eigenvalue weighted by atomic mass is 10.1. The molecule has 5 heteroatoms. The Hall–Kier alpha value is -2.56. The second-order valence-electron chi connectivity index (χ2n) is 8.05. The third kappa shape index (κ3) is 3.98. The molecule has 0 radical (unpaired) electrons. The number of carbonyl (C=O) groups excluding carboxylic acids is 1. The average Bonchev–Trinajstić information content (AvgIpc) is 3.23. The van der Waals surface area contributed by atoms with Gasteiger partial charge in [0.25, 0.3) is 5.91 Å². The van der Waals surface area contributed by atoms with Crippen LogP contribution in [0.25, 0.3) is 0 Å². The van der Waals surface area contributed by atoms with E-state index in [0.29, 0.717) is 11.7 Å². The number of hydrogen-bond acceptors (Lipinski definition) is 4. The van der Waals surface area contributed by atoms with Crippen LogP contribution in [-0.2, 0) is 0 Å². The monoisotopic (exact) mass is 378 g/mol. The molecule has 1 aromatic carbocycles. The Balaban J connectivity index is 1.39. The van der Waals surface area contributed by atoms with Crippen LogP contribution in [0, 0.1) is 13.8 Å². The molecule has 0 spiro atoms. The zero-order chi connectivity index (χ0) is 19.5. The lowest BCUT2D eigenvalue weighted by Gasteiger charge is -2.37. The van der Waals surface area contributed by atoms with E-state index in [2.05, 4.69) is 47.2 Å². The maximum atomic E-state index is 13.0. The summed E-state index contributed by atoms with van der Waals surface area (Å²) in [6.07, 6.45) is 6.76. The number of aryl methyl sites for hydroxylation is 1. The maximum absolute atomic E-state index is 13.0. The fourth-order valence-electron chi connectivity index (χ4n) is 4.33. The predicted octanol–water partition coefficient (Wildman–Crippen LogP) is 4.02. The third-order valence-corrected chi connectivity index (χ3v) is 6.19. The number of piperazine rings is 1. The smallest absolute Gasteiger partial charge is 0.272 e. The molecular formula is C23H30N4O. The molecule has 2 fully saturated rings. The Morgan fingerprint density at radius 3 is 2.57 bits per heavy atom. The van der Waals surface area contributed by atoms with Gasteiger partial charge in [-0.15, -0.1) is 0 Å². The van der Waals surface area contributed by atoms with Gasteiger partial charge in [0, 0.05) is 49.8 Å². The first-order valence-electron chi connectivity index (χ1n) is 10.4. The maximum Gasteiger partial charge on any atom is 0.272 e. The fourth-order valence-corrected chi connectivity index (χ4v) is 4.33. The summed E-state index contributed by atoms with van der Waals surface area (Å²) in [6, 6.07) is 10.9. The van der Waals surface area contributed by atoms with Crippen LogP contribution in [0.2, 0.25) is 0 Å². The lowest BCUT2D eigenvalue weighted by Crippen LogP contribution is -2.49. The largest absolute Gasteiger partial charge is 0.382 e. The van der Waals surface area contributed by atoms with Crippen molar-refractivity contribution >= 4 is 17.3 Å². The molecular weight excluding hydrogens is 348 g/mol. The van der Waals surface area contributed by atoms with Crippen molar-refractivity contribution in [2.45, 2.75) is 45.6 Å². The van der Waals surface area contributed by atoms with Gasteiger partial charge < -0.3 is 15.1 Å². The summed E-state index contributed by atoms with van der Waals surface area (Å²) in [6.45, 7) is 7.50. The molecule has 1 aromatic heterocycles. The number of amides is 1. The van der Waals surface area contributed by atoms with Crippen molar-refractivity contribution in [1.29, 1.82) is 0 Å². The van der Waals surface area contributed by atoms with Gasteiger partial charge in [-0.1, -0.05) is 25.0 Å². The van der Waals surface area contributed by atoms with Crippen molar-refractivity contribution in [1.82, 2.24) is 9.88 Å². The van der Waals surface area contributed by atoms with E-state index in [1.165, 1.54) is 42.5 Å². The van der Waals surface area contributed by atoms with E-state index in [-0.39, 0.29) is 5.91 Å². The van der Waals surface area contributed by atoms with Gasteiger partial charge in [-0.25, -0.2) is 0 Å². The summed E-state index contributed by atoms with van der Waals surface area (Å²) in [5.74, 6) is 0.0377. The lowest BCUT2D eigenvalue weighted by molar-refractivity contribution is 0.0741. The Morgan fingerprint density at radius 1 is 1.07 bits per heavy atom. The van der Waals surface area contributed by atoms with Crippen LogP contribution in [0.1, 0.15) is 47.3 Å². The number of nitrogens with zero attached hydrogens (tertiary/aromatic N) is 3. The molecule has 1 saturated heterocycles. The van der Waals surface area contributed by atoms with Crippen molar-refractivity contribution < 1.29 is 4.79 Å². The first kappa shape index (κ1) is 18.8. The molecule has 5 nitrogen and oxygen atoms in total. The van der Waals surface area contributed by atoms with E-state index in [1.807, 2.05) is 17.0 Å². The zero-order valence-corrected chi connectivity index (χ0v) is 16.9. The second kappa shape index (κ2) is 8.21. The normalized spacial score (nSPS) is 17.8. The Morgan fingerprint density at radius 2 is 1.82 bits per heavy atom. The number of pyridine rings is 1. The highest BCUT2D eigenvalue weighted by Crippen LogP contribution is 2.25. The molecule has 1 N–H and O–H groups in total. The zero-order valence-electron chi connectivity index (χ0n) is 16.9. The van der Waals surface area contributed by atoms with E-state index in [4.69, 9.17) is 0 Å². The summed E-state index contributed by atoms with van der Waals surface area (Å²) in [7, 11) is 0. The van der Waals surface area contributed by atoms with Crippen LogP contribution >= 0.6 is 0 Å². The number of benzene rings is 1. The SMILES string of the molecule is Cc1cccc(N2CCN(C(=O)c3cc(NC4CCCC4)ccn3)CC2)c1C. The number of anilines is 2. The molecule has 2 heterocycles. The summed E-state index contributed by atoms with van der Waals surface area (Å²) < 4.78 is 0. The summed E-state index contributed by atoms with van der Waals surface area (Å²) >= 11 is 0. The van der Waals surface area contributed by atoms with Crippen molar-refractivity contribution in [3.05, 3.63) is 53.3 Å². The molecule has 2 aromatic rings. The Kier molecular flexibility index (Phi) is 5.51. The van der Waals surface area contributed by atoms with Crippen molar-refractivity contribution in [3.63, 3.8) is 0 Å². The van der Waals surface area contributed by atoms with Crippen LogP contribution < -0.4 is 10.2 Å². The quantitative estimate of drug-likeness (QED) is 0.873. The number of rotatable bonds is 4. The standard InChI is InChI=1S/C23H30N4O/c1-17-6-5-9-22(18(17)2)26-12-14-27(15-13-26)23(28)21-16-20(10-11-24-21)25-19-7-3-4-8-19/h5-6,9-11,16,19H,3-4,7-8,12-15H2,1-2H3,(H,24,25). The first-order valence-corrected chi connectivity index (χ1v) is 10.4. The van der Waals surface area contributed by atoms with Crippen LogP contribution in [0.4, 0.5) is 11.4 Å². The van der Waals surface area contributed by atoms with Crippen LogP contribution in [0.3, 0.4) is 0 Å². The summed E-state index contributed by atoms with van der Waals surface area (Å²) in [5.41, 5.74) is 5.48. The van der Waals surface area contributed by atoms with Crippen LogP contribution in [0.5, 0.6) is 0 Å². The van der Waals surface area contributed by atoms with Crippen molar-refractivity contribution in [2.24, 2.45) is 0 Å². The molecule has 1 aliphatic carbocycles. The van der Waals surface area contributed by atoms with Gasteiger partial charge in [0.15, 0.2) is 0 Å². The molecule has 0 atom stereocenters. The number of aromatic nitrogens is 1. The van der Waals surface area contributed by atoms with Crippen molar-refractivity contribution in [3.8, 4) is 0 Å². The van der Waals surface area contributed by atoms with Gasteiger partial charge in [-0.05, 0) is 56.0 Å². The summed E-state index contributed by atoms with van der Waals surface area (Å²) in [5, 5.41) is 3.56. The van der Waals surface area contributed by atoms with E-state index in [0.717, 1.165) is 31.9 Å². The minimum atomic E-state index is 0.0377. The van der Waals surface area contributed by atoms with Crippen LogP contribution in [0.15, 0.2) is 36.5 Å². The number of carbonyl (C=O) groups is 1. The van der Waals surface area contributed by atoms with E-state index < -0.39 is 0 Å². The van der Waals surface area contributed by atoms with Gasteiger partial charge in [-0.3, -0.25) is 9.78 Å². The molecule has 1 aliphatic heterocycles. The van der Waals surface area contributed by atoms with Gasteiger partial charge in [0.05, 0.1) is 0 Å². The molecule has 2 aliphatic rings. The summed E-state index contributed by atoms with van der Waals surface area (Å²) in [4.78, 5) is 21.6. The highest BCUT2D eigenvalue weighted by Gasteiger charge is 2.24. The van der Waals surface area contributed by atoms with E-state index in [9.17, 15) is 4.79 Å². The van der Waals surface area contributed by atoms with Gasteiger partial charge in [-0.2, -0.15) is 0 Å². The molecule has 1 saturated carbocycles. The minimum absolute atomic E-state index is 0.0377. The first-order chi connectivity index (χ1) is 13.6. The van der Waals surface area contributed by atoms with E-state index >= 15 is 0 Å². The van der Waals surface area contributed by atoms with Crippen LogP contribution in [-0.4, -0.2) is 48.0 Å². The molecule has 148 valence electrons. The highest BCUT2D eigenvalue weighted by molar-refractivity contribution is 5.93. The average molecular weight is 379 g/mol. The number of nitrogens with one attached hydrogen (secondary N) is 1. The topological polar surface area (TPSA) is 48.5 Å². The molecule has 0 unspecified atom stereocenters. The molecule has 4 rings (SSSR count). The predicted molar refractivity (Wildman–Crippen MR) is 114 cm³/mol. The highest BCUT2D eigenvalue weighted by atomic mass is 16.2. The Labute approximate surface area is 167 Å². The van der Waals surface area contributed by atoms with Gasteiger partial charge >= 0.3 is 0 Å².